The van der Waals surface area contributed by atoms with Crippen LogP contribution in [-0.4, -0.2) is 10.4 Å². The van der Waals surface area contributed by atoms with Crippen molar-refractivity contribution < 1.29 is 4.79 Å². The van der Waals surface area contributed by atoms with E-state index in [4.69, 9.17) is 0 Å². The Balaban J connectivity index is 2.67. The first-order valence-electron chi connectivity index (χ1n) is 6.18. The van der Waals surface area contributed by atoms with E-state index in [1.54, 1.807) is 6.92 Å². The minimum absolute atomic E-state index is 0.124. The molecule has 94 valence electrons. The number of nitrogens with zero attached hydrogens (tertiary/aromatic N) is 1. The molecule has 0 fully saturated rings. The molecule has 2 aromatic rings. The van der Waals surface area contributed by atoms with Gasteiger partial charge in [-0.3, -0.25) is 4.79 Å². The van der Waals surface area contributed by atoms with Crippen LogP contribution in [0, 0.1) is 27.7 Å². The molecule has 2 heteroatoms. The predicted molar refractivity (Wildman–Crippen MR) is 74.7 cm³/mol. The molecule has 0 unspecified atom stereocenters. The fourth-order valence-corrected chi connectivity index (χ4v) is 2.60. The Morgan fingerprint density at radius 1 is 0.944 bits per heavy atom. The minimum atomic E-state index is 0.124. The highest BCUT2D eigenvalue weighted by Crippen LogP contribution is 2.22. The number of hydrogen-bond donors (Lipinski definition) is 0. The predicted octanol–water partition coefficient (Wildman–Crippen LogP) is 3.91. The minimum Gasteiger partial charge on any atom is -0.318 e. The molecular weight excluding hydrogens is 222 g/mol. The van der Waals surface area contributed by atoms with Gasteiger partial charge in [0.2, 0.25) is 0 Å². The van der Waals surface area contributed by atoms with Crippen molar-refractivity contribution in [3.63, 3.8) is 0 Å². The highest BCUT2D eigenvalue weighted by molar-refractivity contribution is 5.95. The van der Waals surface area contributed by atoms with E-state index in [2.05, 4.69) is 36.6 Å². The van der Waals surface area contributed by atoms with Gasteiger partial charge in [-0.15, -0.1) is 0 Å². The molecule has 0 aliphatic heterocycles. The first-order valence-corrected chi connectivity index (χ1v) is 6.18. The van der Waals surface area contributed by atoms with Crippen molar-refractivity contribution in [3.05, 3.63) is 52.3 Å². The highest BCUT2D eigenvalue weighted by atomic mass is 16.1. The van der Waals surface area contributed by atoms with Crippen molar-refractivity contribution in [3.8, 4) is 5.69 Å². The number of aryl methyl sites for hydroxylation is 3. The van der Waals surface area contributed by atoms with Crippen LogP contribution < -0.4 is 0 Å². The Kier molecular flexibility index (Phi) is 3.12. The van der Waals surface area contributed by atoms with Crippen LogP contribution in [0.3, 0.4) is 0 Å². The van der Waals surface area contributed by atoms with E-state index < -0.39 is 0 Å². The summed E-state index contributed by atoms with van der Waals surface area (Å²) in [6.07, 6.45) is 0. The zero-order valence-electron chi connectivity index (χ0n) is 11.7. The smallest absolute Gasteiger partial charge is 0.161 e. The van der Waals surface area contributed by atoms with Crippen LogP contribution in [0.4, 0.5) is 0 Å². The summed E-state index contributed by atoms with van der Waals surface area (Å²) in [5.41, 5.74) is 6.54. The largest absolute Gasteiger partial charge is 0.318 e. The lowest BCUT2D eigenvalue weighted by Crippen LogP contribution is -2.02. The summed E-state index contributed by atoms with van der Waals surface area (Å²) < 4.78 is 2.15. The van der Waals surface area contributed by atoms with Gasteiger partial charge in [0.1, 0.15) is 0 Å². The molecule has 0 saturated carbocycles. The number of rotatable bonds is 2. The lowest BCUT2D eigenvalue weighted by Gasteiger charge is -2.11. The summed E-state index contributed by atoms with van der Waals surface area (Å²) >= 11 is 0. The third-order valence-corrected chi connectivity index (χ3v) is 3.28. The van der Waals surface area contributed by atoms with Gasteiger partial charge in [0.25, 0.3) is 0 Å². The molecular formula is C16H19NO. The molecule has 0 N–H and O–H groups in total. The molecule has 1 heterocycles. The lowest BCUT2D eigenvalue weighted by atomic mass is 10.1. The number of Topliss-reactive ketones (excluding diaryl/α,β-unsaturated/α-hetero) is 1. The molecule has 0 radical (unpaired) electrons. The average Bonchev–Trinajstić information content (AvgIpc) is 2.52. The van der Waals surface area contributed by atoms with Crippen LogP contribution in [-0.2, 0) is 0 Å². The second-order valence-electron chi connectivity index (χ2n) is 5.02. The van der Waals surface area contributed by atoms with Crippen molar-refractivity contribution in [2.75, 3.05) is 0 Å². The number of benzene rings is 1. The summed E-state index contributed by atoms with van der Waals surface area (Å²) in [6, 6.07) is 8.42. The molecule has 0 atom stereocenters. The number of ketones is 1. The zero-order valence-corrected chi connectivity index (χ0v) is 11.7. The number of aromatic nitrogens is 1. The molecule has 0 amide bonds. The van der Waals surface area contributed by atoms with Gasteiger partial charge in [-0.2, -0.15) is 0 Å². The lowest BCUT2D eigenvalue weighted by molar-refractivity contribution is 0.101. The Labute approximate surface area is 108 Å². The van der Waals surface area contributed by atoms with Gasteiger partial charge in [-0.05, 0) is 63.9 Å². The average molecular weight is 241 g/mol. The van der Waals surface area contributed by atoms with E-state index in [0.29, 0.717) is 0 Å². The van der Waals surface area contributed by atoms with Crippen LogP contribution >= 0.6 is 0 Å². The van der Waals surface area contributed by atoms with Gasteiger partial charge in [0, 0.05) is 22.6 Å². The van der Waals surface area contributed by atoms with Crippen LogP contribution in [0.15, 0.2) is 24.3 Å². The number of carbonyl (C=O) groups is 1. The van der Waals surface area contributed by atoms with E-state index in [9.17, 15) is 4.79 Å². The fraction of sp³-hybridized carbons (Fsp3) is 0.312. The SMILES string of the molecule is CC(=O)c1cc(C)n(-c2cc(C)cc(C)c2)c1C. The quantitative estimate of drug-likeness (QED) is 0.730. The van der Waals surface area contributed by atoms with Gasteiger partial charge in [0.05, 0.1) is 0 Å². The molecule has 18 heavy (non-hydrogen) atoms. The molecule has 0 bridgehead atoms. The molecule has 1 aromatic carbocycles. The van der Waals surface area contributed by atoms with Crippen molar-refractivity contribution in [1.29, 1.82) is 0 Å². The van der Waals surface area contributed by atoms with Crippen LogP contribution in [0.25, 0.3) is 5.69 Å². The zero-order chi connectivity index (χ0) is 13.4. The van der Waals surface area contributed by atoms with Crippen LogP contribution in [0.5, 0.6) is 0 Å². The van der Waals surface area contributed by atoms with E-state index in [-0.39, 0.29) is 5.78 Å². The first-order chi connectivity index (χ1) is 8.40. The maximum atomic E-state index is 11.6. The summed E-state index contributed by atoms with van der Waals surface area (Å²) in [7, 11) is 0. The Hall–Kier alpha value is -1.83. The van der Waals surface area contributed by atoms with E-state index in [1.807, 2.05) is 19.9 Å². The molecule has 1 aromatic heterocycles. The molecule has 2 rings (SSSR count). The van der Waals surface area contributed by atoms with Gasteiger partial charge < -0.3 is 4.57 Å². The second-order valence-corrected chi connectivity index (χ2v) is 5.02. The van der Waals surface area contributed by atoms with Crippen molar-refractivity contribution in [1.82, 2.24) is 4.57 Å². The molecule has 0 saturated heterocycles. The van der Waals surface area contributed by atoms with Crippen molar-refractivity contribution >= 4 is 5.78 Å². The normalized spacial score (nSPS) is 10.7. The van der Waals surface area contributed by atoms with E-state index in [0.717, 1.165) is 22.6 Å². The van der Waals surface area contributed by atoms with Gasteiger partial charge >= 0.3 is 0 Å². The van der Waals surface area contributed by atoms with Gasteiger partial charge in [-0.1, -0.05) is 6.07 Å². The van der Waals surface area contributed by atoms with Gasteiger partial charge in [0.15, 0.2) is 5.78 Å². The number of hydrogen-bond acceptors (Lipinski definition) is 1. The molecule has 0 aliphatic carbocycles. The van der Waals surface area contributed by atoms with Crippen molar-refractivity contribution in [2.24, 2.45) is 0 Å². The highest BCUT2D eigenvalue weighted by Gasteiger charge is 2.13. The monoisotopic (exact) mass is 241 g/mol. The van der Waals surface area contributed by atoms with Crippen molar-refractivity contribution in [2.45, 2.75) is 34.6 Å². The maximum Gasteiger partial charge on any atom is 0.161 e. The number of carbonyl (C=O) groups excluding carboxylic acids is 1. The van der Waals surface area contributed by atoms with E-state index in [1.165, 1.54) is 11.1 Å². The second kappa shape index (κ2) is 4.45. The summed E-state index contributed by atoms with van der Waals surface area (Å²) in [4.78, 5) is 11.6. The first kappa shape index (κ1) is 12.6. The molecule has 0 spiro atoms. The summed E-state index contributed by atoms with van der Waals surface area (Å²) in [5.74, 6) is 0.124. The Morgan fingerprint density at radius 3 is 1.94 bits per heavy atom. The Morgan fingerprint density at radius 2 is 1.50 bits per heavy atom. The molecule has 0 aliphatic rings. The summed E-state index contributed by atoms with van der Waals surface area (Å²) in [5, 5.41) is 0. The van der Waals surface area contributed by atoms with Crippen LogP contribution in [0.1, 0.15) is 39.8 Å². The standard InChI is InChI=1S/C16H19NO/c1-10-6-11(2)8-15(7-10)17-12(3)9-16(13(17)4)14(5)18/h6-9H,1-5H3. The van der Waals surface area contributed by atoms with Gasteiger partial charge in [-0.25, -0.2) is 0 Å². The third kappa shape index (κ3) is 2.10. The maximum absolute atomic E-state index is 11.6. The fourth-order valence-electron chi connectivity index (χ4n) is 2.60. The third-order valence-electron chi connectivity index (χ3n) is 3.28. The topological polar surface area (TPSA) is 22.0 Å². The van der Waals surface area contributed by atoms with Crippen LogP contribution in [0.2, 0.25) is 0 Å². The Bertz CT molecular complexity index is 600. The summed E-state index contributed by atoms with van der Waals surface area (Å²) in [6.45, 7) is 9.85. The van der Waals surface area contributed by atoms with E-state index >= 15 is 0 Å². The molecule has 2 nitrogen and oxygen atoms in total.